The number of hydrogen-bond acceptors (Lipinski definition) is 2. The summed E-state index contributed by atoms with van der Waals surface area (Å²) in [6, 6.07) is 18.6. The number of benzene rings is 2. The Morgan fingerprint density at radius 2 is 1.68 bits per heavy atom. The van der Waals surface area contributed by atoms with Crippen LogP contribution in [0, 0.1) is 6.92 Å². The number of aryl methyl sites for hydroxylation is 1. The molecule has 0 spiro atoms. The Labute approximate surface area is 133 Å². The molecular formula is C19H24N2O. The predicted octanol–water partition coefficient (Wildman–Crippen LogP) is 2.79. The van der Waals surface area contributed by atoms with Crippen LogP contribution in [0.1, 0.15) is 16.7 Å². The third-order valence-corrected chi connectivity index (χ3v) is 3.57. The summed E-state index contributed by atoms with van der Waals surface area (Å²) in [4.78, 5) is 14.0. The van der Waals surface area contributed by atoms with Crippen LogP contribution in [-0.2, 0) is 17.8 Å². The van der Waals surface area contributed by atoms with Crippen molar-refractivity contribution in [2.24, 2.45) is 0 Å². The first kappa shape index (κ1) is 16.2. The number of rotatable bonds is 7. The largest absolute Gasteiger partial charge is 0.355 e. The van der Waals surface area contributed by atoms with Crippen LogP contribution >= 0.6 is 0 Å². The molecule has 3 nitrogen and oxygen atoms in total. The van der Waals surface area contributed by atoms with Crippen molar-refractivity contribution >= 4 is 5.91 Å². The summed E-state index contributed by atoms with van der Waals surface area (Å²) >= 11 is 0. The van der Waals surface area contributed by atoms with E-state index in [9.17, 15) is 4.79 Å². The molecule has 0 aromatic heterocycles. The van der Waals surface area contributed by atoms with Crippen LogP contribution in [0.5, 0.6) is 0 Å². The Hall–Kier alpha value is -2.13. The molecule has 0 bridgehead atoms. The third kappa shape index (κ3) is 5.70. The van der Waals surface area contributed by atoms with Gasteiger partial charge in [0.1, 0.15) is 0 Å². The molecule has 0 saturated heterocycles. The minimum atomic E-state index is 0.0746. The lowest BCUT2D eigenvalue weighted by molar-refractivity contribution is -0.122. The average Bonchev–Trinajstić information content (AvgIpc) is 2.50. The molecule has 0 fully saturated rings. The second-order valence-electron chi connectivity index (χ2n) is 5.74. The van der Waals surface area contributed by atoms with Crippen LogP contribution in [0.4, 0.5) is 0 Å². The van der Waals surface area contributed by atoms with Crippen molar-refractivity contribution in [3.63, 3.8) is 0 Å². The zero-order valence-corrected chi connectivity index (χ0v) is 13.4. The van der Waals surface area contributed by atoms with E-state index in [1.165, 1.54) is 16.7 Å². The summed E-state index contributed by atoms with van der Waals surface area (Å²) in [5, 5.41) is 2.98. The number of carbonyl (C=O) groups excluding carboxylic acids is 1. The number of amides is 1. The summed E-state index contributed by atoms with van der Waals surface area (Å²) < 4.78 is 0. The summed E-state index contributed by atoms with van der Waals surface area (Å²) in [6.07, 6.45) is 0.869. The molecule has 0 radical (unpaired) electrons. The van der Waals surface area contributed by atoms with Crippen LogP contribution < -0.4 is 5.32 Å². The van der Waals surface area contributed by atoms with Crippen LogP contribution in [0.2, 0.25) is 0 Å². The van der Waals surface area contributed by atoms with Gasteiger partial charge in [0.25, 0.3) is 0 Å². The van der Waals surface area contributed by atoms with E-state index in [1.807, 2.05) is 30.1 Å². The lowest BCUT2D eigenvalue weighted by atomic mass is 10.1. The van der Waals surface area contributed by atoms with Gasteiger partial charge >= 0.3 is 0 Å². The molecule has 0 heterocycles. The van der Waals surface area contributed by atoms with Gasteiger partial charge in [-0.15, -0.1) is 0 Å². The van der Waals surface area contributed by atoms with E-state index >= 15 is 0 Å². The van der Waals surface area contributed by atoms with Gasteiger partial charge in [-0.25, -0.2) is 0 Å². The number of likely N-dealkylation sites (N-methyl/N-ethyl adjacent to an activating group) is 1. The molecular weight excluding hydrogens is 272 g/mol. The summed E-state index contributed by atoms with van der Waals surface area (Å²) in [5.41, 5.74) is 3.73. The topological polar surface area (TPSA) is 32.3 Å². The van der Waals surface area contributed by atoms with E-state index < -0.39 is 0 Å². The molecule has 0 saturated carbocycles. The van der Waals surface area contributed by atoms with Gasteiger partial charge in [0.15, 0.2) is 0 Å². The molecule has 2 rings (SSSR count). The van der Waals surface area contributed by atoms with E-state index in [0.717, 1.165) is 13.0 Å². The first-order valence-corrected chi connectivity index (χ1v) is 7.68. The molecule has 3 heteroatoms. The second-order valence-corrected chi connectivity index (χ2v) is 5.74. The zero-order valence-electron chi connectivity index (χ0n) is 13.4. The minimum Gasteiger partial charge on any atom is -0.355 e. The standard InChI is InChI=1S/C19H24N2O/c1-16-8-10-18(11-9-16)14-21(2)15-19(22)20-13-12-17-6-4-3-5-7-17/h3-11H,12-15H2,1-2H3,(H,20,22). The van der Waals surface area contributed by atoms with Crippen LogP contribution in [0.3, 0.4) is 0 Å². The summed E-state index contributed by atoms with van der Waals surface area (Å²) in [5.74, 6) is 0.0746. The second kappa shape index (κ2) is 8.35. The van der Waals surface area contributed by atoms with Gasteiger partial charge in [0.05, 0.1) is 6.54 Å². The smallest absolute Gasteiger partial charge is 0.234 e. The maximum absolute atomic E-state index is 11.9. The molecule has 0 aliphatic carbocycles. The number of hydrogen-bond donors (Lipinski definition) is 1. The molecule has 0 aliphatic heterocycles. The summed E-state index contributed by atoms with van der Waals surface area (Å²) in [7, 11) is 1.97. The molecule has 0 unspecified atom stereocenters. The molecule has 1 amide bonds. The average molecular weight is 296 g/mol. The Morgan fingerprint density at radius 3 is 2.36 bits per heavy atom. The molecule has 22 heavy (non-hydrogen) atoms. The van der Waals surface area contributed by atoms with Crippen molar-refractivity contribution < 1.29 is 4.79 Å². The van der Waals surface area contributed by atoms with Gasteiger partial charge in [-0.05, 0) is 31.5 Å². The van der Waals surface area contributed by atoms with Gasteiger partial charge in [0, 0.05) is 13.1 Å². The van der Waals surface area contributed by atoms with Crippen molar-refractivity contribution in [2.45, 2.75) is 19.9 Å². The van der Waals surface area contributed by atoms with E-state index in [4.69, 9.17) is 0 Å². The third-order valence-electron chi connectivity index (χ3n) is 3.57. The van der Waals surface area contributed by atoms with Crippen LogP contribution in [0.15, 0.2) is 54.6 Å². The predicted molar refractivity (Wildman–Crippen MR) is 90.7 cm³/mol. The van der Waals surface area contributed by atoms with Gasteiger partial charge in [-0.3, -0.25) is 9.69 Å². The highest BCUT2D eigenvalue weighted by Gasteiger charge is 2.06. The van der Waals surface area contributed by atoms with Crippen molar-refractivity contribution in [3.8, 4) is 0 Å². The van der Waals surface area contributed by atoms with Crippen molar-refractivity contribution in [1.29, 1.82) is 0 Å². The molecule has 1 N–H and O–H groups in total. The van der Waals surface area contributed by atoms with Gasteiger partial charge < -0.3 is 5.32 Å². The quantitative estimate of drug-likeness (QED) is 0.852. The first-order chi connectivity index (χ1) is 10.6. The highest BCUT2D eigenvalue weighted by Crippen LogP contribution is 2.05. The summed E-state index contributed by atoms with van der Waals surface area (Å²) in [6.45, 7) is 3.96. The SMILES string of the molecule is Cc1ccc(CN(C)CC(=O)NCCc2ccccc2)cc1. The Balaban J connectivity index is 1.68. The number of nitrogens with zero attached hydrogens (tertiary/aromatic N) is 1. The molecule has 2 aromatic rings. The monoisotopic (exact) mass is 296 g/mol. The maximum Gasteiger partial charge on any atom is 0.234 e. The fourth-order valence-electron chi connectivity index (χ4n) is 2.35. The van der Waals surface area contributed by atoms with Gasteiger partial charge in [-0.1, -0.05) is 60.2 Å². The van der Waals surface area contributed by atoms with Gasteiger partial charge in [0.2, 0.25) is 5.91 Å². The van der Waals surface area contributed by atoms with E-state index in [0.29, 0.717) is 13.1 Å². The fourth-order valence-corrected chi connectivity index (χ4v) is 2.35. The Kier molecular flexibility index (Phi) is 6.16. The van der Waals surface area contributed by atoms with Gasteiger partial charge in [-0.2, -0.15) is 0 Å². The zero-order chi connectivity index (χ0) is 15.8. The first-order valence-electron chi connectivity index (χ1n) is 7.68. The number of carbonyl (C=O) groups is 1. The lowest BCUT2D eigenvalue weighted by Gasteiger charge is -2.16. The Morgan fingerprint density at radius 1 is 1.00 bits per heavy atom. The minimum absolute atomic E-state index is 0.0746. The number of nitrogens with one attached hydrogen (secondary N) is 1. The maximum atomic E-state index is 11.9. The highest BCUT2D eigenvalue weighted by atomic mass is 16.2. The van der Waals surface area contributed by atoms with Crippen LogP contribution in [-0.4, -0.2) is 30.9 Å². The van der Waals surface area contributed by atoms with E-state index in [-0.39, 0.29) is 5.91 Å². The molecule has 0 atom stereocenters. The van der Waals surface area contributed by atoms with Crippen LogP contribution in [0.25, 0.3) is 0 Å². The normalized spacial score (nSPS) is 10.7. The van der Waals surface area contributed by atoms with E-state index in [1.54, 1.807) is 0 Å². The van der Waals surface area contributed by atoms with E-state index in [2.05, 4.69) is 48.6 Å². The highest BCUT2D eigenvalue weighted by molar-refractivity contribution is 5.77. The van der Waals surface area contributed by atoms with Crippen molar-refractivity contribution in [2.75, 3.05) is 20.1 Å². The van der Waals surface area contributed by atoms with Crippen molar-refractivity contribution in [3.05, 3.63) is 71.3 Å². The Bertz CT molecular complexity index is 578. The lowest BCUT2D eigenvalue weighted by Crippen LogP contribution is -2.35. The fraction of sp³-hybridized carbons (Fsp3) is 0.316. The van der Waals surface area contributed by atoms with Crippen molar-refractivity contribution in [1.82, 2.24) is 10.2 Å². The molecule has 116 valence electrons. The molecule has 2 aromatic carbocycles. The molecule has 0 aliphatic rings.